The topological polar surface area (TPSA) is 61.4 Å². The van der Waals surface area contributed by atoms with Gasteiger partial charge in [0.2, 0.25) is 5.91 Å². The summed E-state index contributed by atoms with van der Waals surface area (Å²) < 4.78 is 0. The lowest BCUT2D eigenvalue weighted by Crippen LogP contribution is -2.33. The minimum atomic E-state index is 0.185. The molecule has 1 saturated heterocycles. The van der Waals surface area contributed by atoms with Crippen LogP contribution in [0.25, 0.3) is 0 Å². The molecular weight excluding hydrogens is 228 g/mol. The highest BCUT2D eigenvalue weighted by Gasteiger charge is 2.41. The Morgan fingerprint density at radius 3 is 2.89 bits per heavy atom. The minimum Gasteiger partial charge on any atom is -0.396 e. The highest BCUT2D eigenvalue weighted by Crippen LogP contribution is 2.47. The second-order valence-corrected chi connectivity index (χ2v) is 6.00. The van der Waals surface area contributed by atoms with Crippen LogP contribution in [0.15, 0.2) is 0 Å². The molecule has 1 heterocycles. The molecule has 1 unspecified atom stereocenters. The van der Waals surface area contributed by atoms with Crippen LogP contribution in [0.1, 0.15) is 44.9 Å². The van der Waals surface area contributed by atoms with Crippen LogP contribution in [0.5, 0.6) is 0 Å². The van der Waals surface area contributed by atoms with Crippen LogP contribution in [0.3, 0.4) is 0 Å². The van der Waals surface area contributed by atoms with E-state index in [1.807, 2.05) is 0 Å². The van der Waals surface area contributed by atoms with Crippen molar-refractivity contribution in [1.82, 2.24) is 10.6 Å². The lowest BCUT2D eigenvalue weighted by Gasteiger charge is -2.22. The Morgan fingerprint density at radius 2 is 2.28 bits per heavy atom. The van der Waals surface area contributed by atoms with Crippen LogP contribution < -0.4 is 10.6 Å². The first-order chi connectivity index (χ1) is 8.74. The molecule has 1 atom stereocenters. The fourth-order valence-corrected chi connectivity index (χ4v) is 2.81. The zero-order valence-corrected chi connectivity index (χ0v) is 11.2. The van der Waals surface area contributed by atoms with Gasteiger partial charge in [-0.15, -0.1) is 0 Å². The Bertz CT molecular complexity index is 271. The van der Waals surface area contributed by atoms with Gasteiger partial charge in [0.1, 0.15) is 0 Å². The van der Waals surface area contributed by atoms with E-state index in [0.29, 0.717) is 12.3 Å². The summed E-state index contributed by atoms with van der Waals surface area (Å²) in [5.41, 5.74) is 0.233. The molecule has 0 bridgehead atoms. The first-order valence-corrected chi connectivity index (χ1v) is 7.32. The average molecular weight is 254 g/mol. The van der Waals surface area contributed by atoms with E-state index in [9.17, 15) is 4.79 Å². The predicted molar refractivity (Wildman–Crippen MR) is 71.2 cm³/mol. The van der Waals surface area contributed by atoms with Crippen LogP contribution >= 0.6 is 0 Å². The van der Waals surface area contributed by atoms with Gasteiger partial charge in [-0.1, -0.05) is 0 Å². The van der Waals surface area contributed by atoms with Gasteiger partial charge in [-0.05, 0) is 62.9 Å². The van der Waals surface area contributed by atoms with Crippen molar-refractivity contribution in [3.05, 3.63) is 0 Å². The first-order valence-electron chi connectivity index (χ1n) is 7.32. The average Bonchev–Trinajstić information content (AvgIpc) is 3.16. The third-order valence-corrected chi connectivity index (χ3v) is 4.44. The number of nitrogens with one attached hydrogen (secondary N) is 2. The summed E-state index contributed by atoms with van der Waals surface area (Å²) in [5, 5.41) is 15.4. The molecule has 2 aliphatic rings. The molecule has 1 aliphatic carbocycles. The molecule has 3 N–H and O–H groups in total. The van der Waals surface area contributed by atoms with E-state index in [0.717, 1.165) is 45.3 Å². The summed E-state index contributed by atoms with van der Waals surface area (Å²) in [6.45, 7) is 3.20. The molecule has 0 aromatic carbocycles. The van der Waals surface area contributed by atoms with Gasteiger partial charge in [0.25, 0.3) is 0 Å². The predicted octanol–water partition coefficient (Wildman–Crippen LogP) is 1.04. The number of aliphatic hydroxyl groups is 1. The van der Waals surface area contributed by atoms with Gasteiger partial charge < -0.3 is 15.7 Å². The largest absolute Gasteiger partial charge is 0.396 e. The zero-order valence-electron chi connectivity index (χ0n) is 11.2. The molecule has 2 rings (SSSR count). The molecule has 0 spiro atoms. The van der Waals surface area contributed by atoms with E-state index < -0.39 is 0 Å². The van der Waals surface area contributed by atoms with Crippen LogP contribution in [0.4, 0.5) is 0 Å². The summed E-state index contributed by atoms with van der Waals surface area (Å²) in [6, 6.07) is 0. The number of amides is 1. The van der Waals surface area contributed by atoms with Crippen LogP contribution in [0, 0.1) is 11.3 Å². The molecule has 2 fully saturated rings. The Balaban J connectivity index is 1.57. The zero-order chi connectivity index (χ0) is 12.8. The summed E-state index contributed by atoms with van der Waals surface area (Å²) in [5.74, 6) is 0.863. The van der Waals surface area contributed by atoms with Gasteiger partial charge >= 0.3 is 0 Å². The van der Waals surface area contributed by atoms with Crippen LogP contribution in [-0.4, -0.2) is 37.3 Å². The number of hydrogen-bond acceptors (Lipinski definition) is 3. The van der Waals surface area contributed by atoms with Crippen molar-refractivity contribution in [2.24, 2.45) is 11.3 Å². The maximum Gasteiger partial charge on any atom is 0.220 e. The molecule has 104 valence electrons. The Labute approximate surface area is 110 Å². The number of rotatable bonds is 7. The smallest absolute Gasteiger partial charge is 0.220 e. The molecule has 1 aliphatic heterocycles. The molecule has 0 aromatic heterocycles. The van der Waals surface area contributed by atoms with E-state index in [2.05, 4.69) is 10.6 Å². The minimum absolute atomic E-state index is 0.185. The maximum absolute atomic E-state index is 11.8. The fraction of sp³-hybridized carbons (Fsp3) is 0.929. The van der Waals surface area contributed by atoms with Crippen molar-refractivity contribution in [3.63, 3.8) is 0 Å². The summed E-state index contributed by atoms with van der Waals surface area (Å²) >= 11 is 0. The van der Waals surface area contributed by atoms with E-state index in [4.69, 9.17) is 5.11 Å². The third kappa shape index (κ3) is 4.25. The SMILES string of the molecule is O=C(CCC1CCCNC1)NCC1(CCO)CC1. The van der Waals surface area contributed by atoms with Crippen molar-refractivity contribution in [3.8, 4) is 0 Å². The van der Waals surface area contributed by atoms with E-state index >= 15 is 0 Å². The van der Waals surface area contributed by atoms with E-state index in [1.54, 1.807) is 0 Å². The van der Waals surface area contributed by atoms with Crippen molar-refractivity contribution in [2.45, 2.75) is 44.9 Å². The summed E-state index contributed by atoms with van der Waals surface area (Å²) in [4.78, 5) is 11.8. The van der Waals surface area contributed by atoms with E-state index in [-0.39, 0.29) is 17.9 Å². The van der Waals surface area contributed by atoms with Crippen LogP contribution in [-0.2, 0) is 4.79 Å². The highest BCUT2D eigenvalue weighted by molar-refractivity contribution is 5.75. The molecule has 4 heteroatoms. The standard InChI is InChI=1S/C14H26N2O2/c17-9-7-14(5-6-14)11-16-13(18)4-3-12-2-1-8-15-10-12/h12,15,17H,1-11H2,(H,16,18). The molecule has 18 heavy (non-hydrogen) atoms. The Hall–Kier alpha value is -0.610. The maximum atomic E-state index is 11.8. The molecule has 1 saturated carbocycles. The molecule has 4 nitrogen and oxygen atoms in total. The van der Waals surface area contributed by atoms with Crippen molar-refractivity contribution in [1.29, 1.82) is 0 Å². The molecule has 0 radical (unpaired) electrons. The molecular formula is C14H26N2O2. The summed E-state index contributed by atoms with van der Waals surface area (Å²) in [6.07, 6.45) is 7.30. The number of carbonyl (C=O) groups is 1. The van der Waals surface area contributed by atoms with E-state index in [1.165, 1.54) is 12.8 Å². The number of carbonyl (C=O) groups excluding carboxylic acids is 1. The van der Waals surface area contributed by atoms with Crippen molar-refractivity contribution < 1.29 is 9.90 Å². The van der Waals surface area contributed by atoms with Gasteiger partial charge in [-0.2, -0.15) is 0 Å². The van der Waals surface area contributed by atoms with Crippen molar-refractivity contribution in [2.75, 3.05) is 26.2 Å². The monoisotopic (exact) mass is 254 g/mol. The third-order valence-electron chi connectivity index (χ3n) is 4.44. The fourth-order valence-electron chi connectivity index (χ4n) is 2.81. The quantitative estimate of drug-likeness (QED) is 0.636. The van der Waals surface area contributed by atoms with Gasteiger partial charge in [-0.3, -0.25) is 4.79 Å². The Kier molecular flexibility index (Phi) is 5.01. The van der Waals surface area contributed by atoms with Gasteiger partial charge in [0.05, 0.1) is 0 Å². The lowest BCUT2D eigenvalue weighted by molar-refractivity contribution is -0.121. The molecule has 1 amide bonds. The van der Waals surface area contributed by atoms with Crippen molar-refractivity contribution >= 4 is 5.91 Å². The highest BCUT2D eigenvalue weighted by atomic mass is 16.3. The first kappa shape index (κ1) is 13.8. The second-order valence-electron chi connectivity index (χ2n) is 6.00. The van der Waals surface area contributed by atoms with Crippen LogP contribution in [0.2, 0.25) is 0 Å². The Morgan fingerprint density at radius 1 is 1.44 bits per heavy atom. The number of hydrogen-bond donors (Lipinski definition) is 3. The number of aliphatic hydroxyl groups excluding tert-OH is 1. The summed E-state index contributed by atoms with van der Waals surface area (Å²) in [7, 11) is 0. The second kappa shape index (κ2) is 6.53. The van der Waals surface area contributed by atoms with Gasteiger partial charge in [0, 0.05) is 19.6 Å². The van der Waals surface area contributed by atoms with Gasteiger partial charge in [0.15, 0.2) is 0 Å². The lowest BCUT2D eigenvalue weighted by atomic mass is 9.94. The number of piperidine rings is 1. The normalized spacial score (nSPS) is 25.7. The molecule has 0 aromatic rings. The van der Waals surface area contributed by atoms with Gasteiger partial charge in [-0.25, -0.2) is 0 Å².